The van der Waals surface area contributed by atoms with E-state index in [0.29, 0.717) is 27.6 Å². The summed E-state index contributed by atoms with van der Waals surface area (Å²) in [7, 11) is 0. The molecule has 0 N–H and O–H groups in total. The third kappa shape index (κ3) is 10.4. The second-order valence-corrected chi connectivity index (χ2v) is 34.6. The minimum Gasteiger partial charge on any atom is -0.311 e. The third-order valence-electron chi connectivity index (χ3n) is 24.9. The number of para-hydroxylation sites is 2. The number of aromatic nitrogens is 1. The summed E-state index contributed by atoms with van der Waals surface area (Å²) in [5.74, 6) is 0. The fourth-order valence-corrected chi connectivity index (χ4v) is 19.6. The van der Waals surface area contributed by atoms with Crippen LogP contribution >= 0.6 is 0 Å². The van der Waals surface area contributed by atoms with Crippen molar-refractivity contribution in [3.05, 3.63) is 431 Å². The Morgan fingerprint density at radius 1 is 0.272 bits per heavy atom. The van der Waals surface area contributed by atoms with Crippen molar-refractivity contribution >= 4 is 79.0 Å². The molecule has 0 unspecified atom stereocenters. The highest BCUT2D eigenvalue weighted by Gasteiger charge is 2.50. The van der Waals surface area contributed by atoms with E-state index in [9.17, 15) is 8.22 Å². The molecule has 546 valence electrons. The molecule has 2 aliphatic heterocycles. The Morgan fingerprint density at radius 2 is 0.658 bits per heavy atom. The Hall–Kier alpha value is -13.0. The molecule has 3 heterocycles. The Balaban J connectivity index is 0.859. The molecule has 4 aliphatic rings. The number of anilines is 6. The summed E-state index contributed by atoms with van der Waals surface area (Å²) in [5.41, 5.74) is 29.7. The third-order valence-corrected chi connectivity index (χ3v) is 24.9. The van der Waals surface area contributed by atoms with Gasteiger partial charge in [0.2, 0.25) is 0 Å². The predicted octanol–water partition coefficient (Wildman–Crippen LogP) is 26.5. The van der Waals surface area contributed by atoms with Crippen molar-refractivity contribution in [2.45, 2.75) is 89.4 Å². The van der Waals surface area contributed by atoms with Crippen LogP contribution in [0, 0.1) is 0 Å². The number of benzene rings is 16. The van der Waals surface area contributed by atoms with Crippen LogP contribution in [-0.2, 0) is 27.1 Å². The first-order valence-electron chi connectivity index (χ1n) is 43.1. The zero-order chi connectivity index (χ0) is 82.4. The van der Waals surface area contributed by atoms with Crippen LogP contribution in [-0.4, -0.2) is 11.3 Å². The molecular weight excluding hydrogens is 1370 g/mol. The number of rotatable bonds is 10. The fourth-order valence-electron chi connectivity index (χ4n) is 19.6. The summed E-state index contributed by atoms with van der Waals surface area (Å²) in [6.07, 6.45) is 0. The van der Waals surface area contributed by atoms with E-state index in [1.807, 2.05) is 46.1 Å². The van der Waals surface area contributed by atoms with E-state index in [1.165, 1.54) is 61.2 Å². The molecule has 0 atom stereocenters. The lowest BCUT2D eigenvalue weighted by atomic mass is 9.33. The molecule has 0 saturated heterocycles. The van der Waals surface area contributed by atoms with Gasteiger partial charge in [-0.2, -0.15) is 0 Å². The monoisotopic (exact) mass is 1470 g/mol. The summed E-state index contributed by atoms with van der Waals surface area (Å²) >= 11 is 0. The number of hydrogen-bond acceptors (Lipinski definition) is 2. The van der Waals surface area contributed by atoms with Gasteiger partial charge in [0.25, 0.3) is 6.71 Å². The van der Waals surface area contributed by atoms with E-state index in [2.05, 4.69) is 364 Å². The summed E-state index contributed by atoms with van der Waals surface area (Å²) in [6.45, 7) is 18.3. The van der Waals surface area contributed by atoms with Gasteiger partial charge in [-0.05, 0) is 217 Å². The Labute approximate surface area is 679 Å². The molecule has 4 heteroatoms. The summed E-state index contributed by atoms with van der Waals surface area (Å²) in [6, 6.07) is 123. The molecule has 17 aromatic rings. The Bertz CT molecular complexity index is 6950. The summed E-state index contributed by atoms with van der Waals surface area (Å²) < 4.78 is 63.3. The van der Waals surface area contributed by atoms with E-state index < -0.39 is 33.8 Å². The van der Waals surface area contributed by atoms with Gasteiger partial charge in [-0.15, -0.1) is 0 Å². The van der Waals surface area contributed by atoms with Crippen LogP contribution in [0.3, 0.4) is 0 Å². The highest BCUT2D eigenvalue weighted by atomic mass is 15.2. The topological polar surface area (TPSA) is 11.4 Å². The SMILES string of the molecule is [2H]c1c(C(C)(C)C)c([2H])c2c3c([2H])c(C(C)(C)C)c([2H])c([2H])c3n(-c3ccc4c(c3)N(c3ccccc3-c3ccc5c(c3)-c3ccccc3C5(c3ccccc3)c3ccccc3)c3cc(C(C)(C)C)cc5c3B4c3cc(-c4ccccc4)ccc3N5c3ccccc3-c3ccc4c(c3)-c3ccccc3C4(c3ccccc3)c3ccccc3)c2c1[2H]. The molecule has 16 aromatic carbocycles. The van der Waals surface area contributed by atoms with Gasteiger partial charge in [-0.3, -0.25) is 0 Å². The van der Waals surface area contributed by atoms with Gasteiger partial charge in [0.15, 0.2) is 0 Å². The largest absolute Gasteiger partial charge is 0.311 e. The van der Waals surface area contributed by atoms with Crippen LogP contribution in [0.4, 0.5) is 34.1 Å². The van der Waals surface area contributed by atoms with Crippen LogP contribution in [0.1, 0.15) is 132 Å². The van der Waals surface area contributed by atoms with Gasteiger partial charge in [-0.1, -0.05) is 353 Å². The van der Waals surface area contributed by atoms with Crippen molar-refractivity contribution in [1.82, 2.24) is 4.57 Å². The second-order valence-electron chi connectivity index (χ2n) is 34.6. The zero-order valence-corrected chi connectivity index (χ0v) is 65.7. The first kappa shape index (κ1) is 62.6. The van der Waals surface area contributed by atoms with Crippen molar-refractivity contribution in [3.8, 4) is 61.3 Å². The lowest BCUT2D eigenvalue weighted by Crippen LogP contribution is -2.61. The smallest absolute Gasteiger partial charge is 0.252 e. The summed E-state index contributed by atoms with van der Waals surface area (Å²) in [4.78, 5) is 5.05. The van der Waals surface area contributed by atoms with Crippen molar-refractivity contribution in [2.75, 3.05) is 9.80 Å². The molecule has 0 radical (unpaired) electrons. The van der Waals surface area contributed by atoms with Crippen LogP contribution in [0.25, 0.3) is 83.1 Å². The van der Waals surface area contributed by atoms with Crippen LogP contribution in [0.5, 0.6) is 0 Å². The van der Waals surface area contributed by atoms with Crippen molar-refractivity contribution in [1.29, 1.82) is 0 Å². The van der Waals surface area contributed by atoms with Gasteiger partial charge in [0.05, 0.1) is 41.5 Å². The second kappa shape index (κ2) is 25.8. The molecule has 0 bridgehead atoms. The first-order valence-corrected chi connectivity index (χ1v) is 40.1. The lowest BCUT2D eigenvalue weighted by Gasteiger charge is -2.46. The molecule has 21 rings (SSSR count). The van der Waals surface area contributed by atoms with E-state index in [4.69, 9.17) is 0 Å². The van der Waals surface area contributed by atoms with Crippen molar-refractivity contribution in [3.63, 3.8) is 0 Å². The Kier molecular flexibility index (Phi) is 14.2. The molecule has 114 heavy (non-hydrogen) atoms. The lowest BCUT2D eigenvalue weighted by molar-refractivity contribution is 0.590. The average molecular weight is 1470 g/mol. The highest BCUT2D eigenvalue weighted by molar-refractivity contribution is 7.00. The van der Waals surface area contributed by atoms with Crippen molar-refractivity contribution < 1.29 is 8.22 Å². The number of nitrogens with zero attached hydrogens (tertiary/aromatic N) is 3. The van der Waals surface area contributed by atoms with E-state index in [0.717, 1.165) is 95.0 Å². The predicted molar refractivity (Wildman–Crippen MR) is 482 cm³/mol. The van der Waals surface area contributed by atoms with E-state index >= 15 is 0 Å². The molecule has 0 fully saturated rings. The maximum absolute atomic E-state index is 10.4. The van der Waals surface area contributed by atoms with E-state index in [-0.39, 0.29) is 47.3 Å². The number of fused-ring (bicyclic) bond motifs is 13. The molecule has 0 saturated carbocycles. The van der Waals surface area contributed by atoms with Crippen LogP contribution in [0.2, 0.25) is 0 Å². The van der Waals surface area contributed by atoms with Gasteiger partial charge < -0.3 is 14.4 Å². The molecular formula is C110H88BN3. The summed E-state index contributed by atoms with van der Waals surface area (Å²) in [5, 5.41) is 0.664. The number of hydrogen-bond donors (Lipinski definition) is 0. The molecule has 2 aliphatic carbocycles. The molecule has 3 nitrogen and oxygen atoms in total. The molecule has 0 amide bonds. The van der Waals surface area contributed by atoms with E-state index in [1.54, 1.807) is 0 Å². The Morgan fingerprint density at radius 3 is 1.11 bits per heavy atom. The quantitative estimate of drug-likeness (QED) is 0.126. The maximum atomic E-state index is 10.4. The molecule has 1 aromatic heterocycles. The average Bonchev–Trinajstić information content (AvgIpc) is 1.20. The maximum Gasteiger partial charge on any atom is 0.252 e. The van der Waals surface area contributed by atoms with Crippen LogP contribution in [0.15, 0.2) is 370 Å². The van der Waals surface area contributed by atoms with Gasteiger partial charge in [0, 0.05) is 50.3 Å². The molecule has 0 spiro atoms. The van der Waals surface area contributed by atoms with Gasteiger partial charge in [0.1, 0.15) is 0 Å². The standard InChI is InChI=1S/C110H88BN3/c1-106(2,3)79-54-61-99-89(66-79)90-67-80(107(4,5)6)55-62-100(90)112(99)82-56-59-95-102(70-82)114(98-50-32-28-44-84(98)74-52-58-94-88(64-74)86-46-26-30-48-92(86)110(94,77-39-21-13-22-40-77)78-41-23-14-24-42-78)104-69-81(108(7,8)9)68-103-105(104)111(95)96-65-72(71-33-15-10-16-34-71)53-60-101(96)113(103)97-49-31-27-43-83(97)73-51-57-93-87(63-73)85-45-25-29-47-91(85)109(93,75-35-17-11-18-36-75)76-37-19-12-20-38-76/h10-70H,1-9H3/i54D,55D,61D,62D,66D,67D. The highest BCUT2D eigenvalue weighted by Crippen LogP contribution is 2.60. The van der Waals surface area contributed by atoms with Crippen molar-refractivity contribution in [2.24, 2.45) is 0 Å². The zero-order valence-electron chi connectivity index (χ0n) is 71.7. The normalized spacial score (nSPS) is 14.8. The minimum atomic E-state index is -0.740. The first-order chi connectivity index (χ1) is 58.0. The fraction of sp³-hybridized carbons (Fsp3) is 0.127. The van der Waals surface area contributed by atoms with Crippen LogP contribution < -0.4 is 26.2 Å². The van der Waals surface area contributed by atoms with Gasteiger partial charge >= 0.3 is 0 Å². The van der Waals surface area contributed by atoms with Gasteiger partial charge in [-0.25, -0.2) is 0 Å². The minimum absolute atomic E-state index is 0.0491.